The van der Waals surface area contributed by atoms with Crippen molar-refractivity contribution in [3.63, 3.8) is 0 Å². The van der Waals surface area contributed by atoms with Crippen LogP contribution in [0, 0.1) is 19.7 Å². The molecule has 0 unspecified atom stereocenters. The molecule has 0 aliphatic carbocycles. The zero-order valence-electron chi connectivity index (χ0n) is 18.8. The number of halogens is 1. The largest absolute Gasteiger partial charge is 0.322 e. The summed E-state index contributed by atoms with van der Waals surface area (Å²) in [5.41, 5.74) is 4.53. The van der Waals surface area contributed by atoms with Crippen LogP contribution in [0.5, 0.6) is 0 Å². The average Bonchev–Trinajstić information content (AvgIpc) is 3.23. The standard InChI is InChI=1S/C25H23FN4O3S/c1-16-9-10-18(13-17(16)2)24-21(15-30(28-24)20-7-5-4-6-8-20)25(31)27-19-11-12-22(26)23(14-19)29-34(3,32)33/h4-15,29H,1-3H3,(H,27,31). The van der Waals surface area contributed by atoms with Crippen molar-refractivity contribution in [3.8, 4) is 16.9 Å². The SMILES string of the molecule is Cc1ccc(-c2nn(-c3ccccc3)cc2C(=O)Nc2ccc(F)c(NS(C)(=O)=O)c2)cc1C. The smallest absolute Gasteiger partial charge is 0.259 e. The van der Waals surface area contributed by atoms with Crippen molar-refractivity contribution in [1.82, 2.24) is 9.78 Å². The molecular weight excluding hydrogens is 455 g/mol. The van der Waals surface area contributed by atoms with E-state index in [9.17, 15) is 17.6 Å². The summed E-state index contributed by atoms with van der Waals surface area (Å²) in [4.78, 5) is 13.3. The van der Waals surface area contributed by atoms with Crippen LogP contribution in [0.1, 0.15) is 21.5 Å². The van der Waals surface area contributed by atoms with Gasteiger partial charge in [-0.05, 0) is 61.4 Å². The molecule has 34 heavy (non-hydrogen) atoms. The maximum absolute atomic E-state index is 14.1. The van der Waals surface area contributed by atoms with E-state index in [1.54, 1.807) is 10.9 Å². The summed E-state index contributed by atoms with van der Waals surface area (Å²) < 4.78 is 40.8. The molecule has 0 radical (unpaired) electrons. The number of nitrogens with one attached hydrogen (secondary N) is 2. The average molecular weight is 479 g/mol. The molecule has 0 saturated heterocycles. The second-order valence-electron chi connectivity index (χ2n) is 7.99. The number of carbonyl (C=O) groups excluding carboxylic acids is 1. The molecule has 3 aromatic carbocycles. The van der Waals surface area contributed by atoms with Gasteiger partial charge in [-0.3, -0.25) is 9.52 Å². The summed E-state index contributed by atoms with van der Waals surface area (Å²) in [5.74, 6) is -1.22. The molecule has 1 amide bonds. The predicted molar refractivity (Wildman–Crippen MR) is 131 cm³/mol. The molecule has 0 spiro atoms. The summed E-state index contributed by atoms with van der Waals surface area (Å²) in [6.07, 6.45) is 2.56. The normalized spacial score (nSPS) is 11.3. The Labute approximate surface area is 197 Å². The van der Waals surface area contributed by atoms with Crippen LogP contribution in [0.25, 0.3) is 16.9 Å². The van der Waals surface area contributed by atoms with E-state index in [2.05, 4.69) is 15.1 Å². The van der Waals surface area contributed by atoms with E-state index in [1.165, 1.54) is 12.1 Å². The number of sulfonamides is 1. The van der Waals surface area contributed by atoms with Crippen LogP contribution in [0.15, 0.2) is 72.9 Å². The van der Waals surface area contributed by atoms with Crippen LogP contribution in [-0.2, 0) is 10.0 Å². The summed E-state index contributed by atoms with van der Waals surface area (Å²) in [5, 5.41) is 7.39. The second kappa shape index (κ2) is 9.11. The van der Waals surface area contributed by atoms with Crippen molar-refractivity contribution < 1.29 is 17.6 Å². The maximum atomic E-state index is 14.1. The van der Waals surface area contributed by atoms with Crippen LogP contribution < -0.4 is 10.0 Å². The van der Waals surface area contributed by atoms with Crippen LogP contribution in [-0.4, -0.2) is 30.4 Å². The first-order valence-corrected chi connectivity index (χ1v) is 12.3. The summed E-state index contributed by atoms with van der Waals surface area (Å²) in [7, 11) is -3.69. The van der Waals surface area contributed by atoms with Gasteiger partial charge in [0.05, 0.1) is 23.2 Å². The van der Waals surface area contributed by atoms with Crippen molar-refractivity contribution in [2.24, 2.45) is 0 Å². The van der Waals surface area contributed by atoms with Crippen LogP contribution in [0.2, 0.25) is 0 Å². The molecule has 0 saturated carbocycles. The summed E-state index contributed by atoms with van der Waals surface area (Å²) in [6, 6.07) is 18.9. The number of aryl methyl sites for hydroxylation is 2. The molecule has 4 aromatic rings. The van der Waals surface area contributed by atoms with Gasteiger partial charge in [-0.1, -0.05) is 30.3 Å². The summed E-state index contributed by atoms with van der Waals surface area (Å²) >= 11 is 0. The Morgan fingerprint density at radius 2 is 1.71 bits per heavy atom. The van der Waals surface area contributed by atoms with Crippen LogP contribution >= 0.6 is 0 Å². The zero-order chi connectivity index (χ0) is 24.5. The fourth-order valence-corrected chi connectivity index (χ4v) is 3.99. The molecule has 0 bridgehead atoms. The molecule has 174 valence electrons. The first-order valence-electron chi connectivity index (χ1n) is 10.4. The molecule has 4 rings (SSSR count). The number of amides is 1. The zero-order valence-corrected chi connectivity index (χ0v) is 19.7. The van der Waals surface area contributed by atoms with Crippen molar-refractivity contribution in [2.45, 2.75) is 13.8 Å². The Balaban J connectivity index is 1.74. The molecule has 9 heteroatoms. The topological polar surface area (TPSA) is 93.1 Å². The lowest BCUT2D eigenvalue weighted by atomic mass is 10.0. The highest BCUT2D eigenvalue weighted by molar-refractivity contribution is 7.92. The monoisotopic (exact) mass is 478 g/mol. The molecule has 0 atom stereocenters. The van der Waals surface area contributed by atoms with Crippen LogP contribution in [0.3, 0.4) is 0 Å². The highest BCUT2D eigenvalue weighted by Gasteiger charge is 2.20. The Bertz CT molecular complexity index is 1480. The third-order valence-electron chi connectivity index (χ3n) is 5.28. The lowest BCUT2D eigenvalue weighted by molar-refractivity contribution is 0.102. The van der Waals surface area contributed by atoms with E-state index in [4.69, 9.17) is 0 Å². The molecule has 7 nitrogen and oxygen atoms in total. The number of anilines is 2. The van der Waals surface area contributed by atoms with E-state index in [-0.39, 0.29) is 11.4 Å². The molecular formula is C25H23FN4O3S. The van der Waals surface area contributed by atoms with Crippen molar-refractivity contribution in [3.05, 3.63) is 95.4 Å². The Morgan fingerprint density at radius 1 is 0.971 bits per heavy atom. The van der Waals surface area contributed by atoms with Gasteiger partial charge >= 0.3 is 0 Å². The fourth-order valence-electron chi connectivity index (χ4n) is 3.43. The van der Waals surface area contributed by atoms with Gasteiger partial charge in [-0.25, -0.2) is 17.5 Å². The van der Waals surface area contributed by atoms with Crippen molar-refractivity contribution >= 4 is 27.3 Å². The summed E-state index contributed by atoms with van der Waals surface area (Å²) in [6.45, 7) is 3.99. The quantitative estimate of drug-likeness (QED) is 0.411. The lowest BCUT2D eigenvalue weighted by Gasteiger charge is -2.10. The highest BCUT2D eigenvalue weighted by Crippen LogP contribution is 2.27. The number of hydrogen-bond donors (Lipinski definition) is 2. The minimum absolute atomic E-state index is 0.232. The Hall–Kier alpha value is -3.98. The predicted octanol–water partition coefficient (Wildman–Crippen LogP) is 4.92. The molecule has 1 aromatic heterocycles. The van der Waals surface area contributed by atoms with E-state index in [1.807, 2.05) is 62.4 Å². The van der Waals surface area contributed by atoms with Gasteiger partial charge in [0.15, 0.2) is 0 Å². The number of carbonyl (C=O) groups is 1. The number of hydrogen-bond acceptors (Lipinski definition) is 4. The fraction of sp³-hybridized carbons (Fsp3) is 0.120. The van der Waals surface area contributed by atoms with Gasteiger partial charge in [-0.2, -0.15) is 5.10 Å². The van der Waals surface area contributed by atoms with Gasteiger partial charge in [-0.15, -0.1) is 0 Å². The first-order chi connectivity index (χ1) is 16.1. The molecule has 0 aliphatic rings. The van der Waals surface area contributed by atoms with Gasteiger partial charge in [0.1, 0.15) is 11.5 Å². The van der Waals surface area contributed by atoms with Gasteiger partial charge in [0.25, 0.3) is 5.91 Å². The third kappa shape index (κ3) is 5.15. The Kier molecular flexibility index (Phi) is 6.21. The second-order valence-corrected chi connectivity index (χ2v) is 9.74. The van der Waals surface area contributed by atoms with Crippen molar-refractivity contribution in [1.29, 1.82) is 0 Å². The number of benzene rings is 3. The van der Waals surface area contributed by atoms with Gasteiger partial charge in [0, 0.05) is 17.4 Å². The highest BCUT2D eigenvalue weighted by atomic mass is 32.2. The molecule has 0 fully saturated rings. The number of rotatable bonds is 6. The number of para-hydroxylation sites is 1. The van der Waals surface area contributed by atoms with E-state index >= 15 is 0 Å². The third-order valence-corrected chi connectivity index (χ3v) is 5.87. The van der Waals surface area contributed by atoms with E-state index in [0.717, 1.165) is 34.7 Å². The maximum Gasteiger partial charge on any atom is 0.259 e. The minimum Gasteiger partial charge on any atom is -0.322 e. The van der Waals surface area contributed by atoms with Crippen LogP contribution in [0.4, 0.5) is 15.8 Å². The van der Waals surface area contributed by atoms with Gasteiger partial charge in [0.2, 0.25) is 10.0 Å². The number of nitrogens with zero attached hydrogens (tertiary/aromatic N) is 2. The van der Waals surface area contributed by atoms with Gasteiger partial charge < -0.3 is 5.32 Å². The van der Waals surface area contributed by atoms with E-state index < -0.39 is 21.7 Å². The molecule has 0 aliphatic heterocycles. The van der Waals surface area contributed by atoms with E-state index in [0.29, 0.717) is 11.3 Å². The Morgan fingerprint density at radius 3 is 2.38 bits per heavy atom. The van der Waals surface area contributed by atoms with Crippen molar-refractivity contribution in [2.75, 3.05) is 16.3 Å². The molecule has 1 heterocycles. The molecule has 2 N–H and O–H groups in total. The number of aromatic nitrogens is 2. The first kappa shape index (κ1) is 23.2. The lowest BCUT2D eigenvalue weighted by Crippen LogP contribution is -2.14. The minimum atomic E-state index is -3.69.